The summed E-state index contributed by atoms with van der Waals surface area (Å²) in [7, 11) is 1.90. The van der Waals surface area contributed by atoms with E-state index in [1.807, 2.05) is 37.4 Å². The van der Waals surface area contributed by atoms with Crippen molar-refractivity contribution in [3.05, 3.63) is 24.8 Å². The second kappa shape index (κ2) is 7.55. The first-order chi connectivity index (χ1) is 9.29. The van der Waals surface area contributed by atoms with E-state index >= 15 is 0 Å². The Balaban J connectivity index is 1.92. The minimum Gasteiger partial charge on any atom is -0.275 e. The van der Waals surface area contributed by atoms with Crippen molar-refractivity contribution in [2.45, 2.75) is 24.8 Å². The van der Waals surface area contributed by atoms with Gasteiger partial charge in [-0.3, -0.25) is 9.67 Å². The predicted octanol–water partition coefficient (Wildman–Crippen LogP) is 3.46. The topological polar surface area (TPSA) is 43.6 Å². The Labute approximate surface area is 122 Å². The first-order valence-electron chi connectivity index (χ1n) is 6.31. The fourth-order valence-electron chi connectivity index (χ4n) is 1.52. The zero-order valence-electron chi connectivity index (χ0n) is 11.2. The SMILES string of the molecule is CCCCSCSc1cncc(-c2cnn(C)c2)n1. The maximum absolute atomic E-state index is 4.61. The number of unbranched alkanes of at least 4 members (excludes halogenated alkanes) is 1. The lowest BCUT2D eigenvalue weighted by atomic mass is 10.3. The van der Waals surface area contributed by atoms with Gasteiger partial charge >= 0.3 is 0 Å². The van der Waals surface area contributed by atoms with Crippen LogP contribution >= 0.6 is 23.5 Å². The Morgan fingerprint density at radius 1 is 1.26 bits per heavy atom. The number of rotatable bonds is 7. The lowest BCUT2D eigenvalue weighted by Crippen LogP contribution is -1.88. The van der Waals surface area contributed by atoms with Gasteiger partial charge in [0.05, 0.1) is 24.3 Å². The summed E-state index contributed by atoms with van der Waals surface area (Å²) >= 11 is 3.71. The molecular weight excluding hydrogens is 276 g/mol. The Bertz CT molecular complexity index is 513. The van der Waals surface area contributed by atoms with Crippen molar-refractivity contribution < 1.29 is 0 Å². The highest BCUT2D eigenvalue weighted by atomic mass is 32.2. The number of aryl methyl sites for hydroxylation is 1. The molecule has 0 aliphatic carbocycles. The van der Waals surface area contributed by atoms with E-state index in [4.69, 9.17) is 0 Å². The van der Waals surface area contributed by atoms with Gasteiger partial charge in [0.1, 0.15) is 5.03 Å². The lowest BCUT2D eigenvalue weighted by molar-refractivity contribution is 0.768. The van der Waals surface area contributed by atoms with Crippen LogP contribution < -0.4 is 0 Å². The number of thioether (sulfide) groups is 2. The van der Waals surface area contributed by atoms with Gasteiger partial charge in [-0.05, 0) is 12.2 Å². The van der Waals surface area contributed by atoms with Crippen LogP contribution in [0.5, 0.6) is 0 Å². The van der Waals surface area contributed by atoms with E-state index in [1.165, 1.54) is 18.6 Å². The van der Waals surface area contributed by atoms with E-state index in [9.17, 15) is 0 Å². The van der Waals surface area contributed by atoms with Crippen molar-refractivity contribution in [1.82, 2.24) is 19.7 Å². The lowest BCUT2D eigenvalue weighted by Gasteiger charge is -2.02. The van der Waals surface area contributed by atoms with E-state index in [-0.39, 0.29) is 0 Å². The average Bonchev–Trinajstić information content (AvgIpc) is 2.86. The van der Waals surface area contributed by atoms with Crippen LogP contribution in [0.1, 0.15) is 19.8 Å². The van der Waals surface area contributed by atoms with Crippen LogP contribution in [0.15, 0.2) is 29.8 Å². The normalized spacial score (nSPS) is 10.8. The van der Waals surface area contributed by atoms with E-state index in [1.54, 1.807) is 22.6 Å². The summed E-state index contributed by atoms with van der Waals surface area (Å²) in [6.45, 7) is 2.22. The Hall–Kier alpha value is -1.01. The largest absolute Gasteiger partial charge is 0.275 e. The molecule has 2 aromatic rings. The molecule has 4 nitrogen and oxygen atoms in total. The van der Waals surface area contributed by atoms with Crippen LogP contribution in [0.3, 0.4) is 0 Å². The van der Waals surface area contributed by atoms with Gasteiger partial charge in [-0.1, -0.05) is 25.1 Å². The Kier molecular flexibility index (Phi) is 5.72. The maximum Gasteiger partial charge on any atom is 0.116 e. The average molecular weight is 294 g/mol. The van der Waals surface area contributed by atoms with Crippen LogP contribution in [0.4, 0.5) is 0 Å². The van der Waals surface area contributed by atoms with Crippen LogP contribution in [0.2, 0.25) is 0 Å². The Morgan fingerprint density at radius 2 is 2.16 bits per heavy atom. The summed E-state index contributed by atoms with van der Waals surface area (Å²) in [4.78, 5) is 8.86. The van der Waals surface area contributed by atoms with Gasteiger partial charge in [-0.2, -0.15) is 16.9 Å². The summed E-state index contributed by atoms with van der Waals surface area (Å²) in [6, 6.07) is 0. The molecule has 0 aliphatic rings. The minimum atomic E-state index is 0.886. The second-order valence-electron chi connectivity index (χ2n) is 4.17. The molecule has 0 aliphatic heterocycles. The molecule has 2 heterocycles. The molecule has 0 amide bonds. The minimum absolute atomic E-state index is 0.886. The highest BCUT2D eigenvalue weighted by Crippen LogP contribution is 2.23. The van der Waals surface area contributed by atoms with Crippen LogP contribution in [0, 0.1) is 0 Å². The number of aromatic nitrogens is 4. The molecule has 0 saturated heterocycles. The first kappa shape index (κ1) is 14.4. The summed E-state index contributed by atoms with van der Waals surface area (Å²) in [5.41, 5.74) is 1.90. The van der Waals surface area contributed by atoms with Gasteiger partial charge in [-0.15, -0.1) is 0 Å². The summed E-state index contributed by atoms with van der Waals surface area (Å²) in [5, 5.41) is 6.17. The van der Waals surface area contributed by atoms with Crippen molar-refractivity contribution in [2.24, 2.45) is 7.05 Å². The van der Waals surface area contributed by atoms with Gasteiger partial charge < -0.3 is 0 Å². The molecular formula is C13H18N4S2. The molecule has 0 N–H and O–H groups in total. The molecule has 0 bridgehead atoms. The van der Waals surface area contributed by atoms with Crippen molar-refractivity contribution >= 4 is 23.5 Å². The molecule has 2 rings (SSSR count). The molecule has 0 spiro atoms. The molecule has 0 saturated carbocycles. The molecule has 6 heteroatoms. The highest BCUT2D eigenvalue weighted by Gasteiger charge is 2.04. The van der Waals surface area contributed by atoms with Gasteiger partial charge in [0.15, 0.2) is 0 Å². The quantitative estimate of drug-likeness (QED) is 0.444. The zero-order chi connectivity index (χ0) is 13.5. The first-order valence-corrected chi connectivity index (χ1v) is 8.45. The van der Waals surface area contributed by atoms with E-state index in [0.29, 0.717) is 0 Å². The third kappa shape index (κ3) is 4.54. The predicted molar refractivity (Wildman–Crippen MR) is 82.3 cm³/mol. The van der Waals surface area contributed by atoms with E-state index < -0.39 is 0 Å². The second-order valence-corrected chi connectivity index (χ2v) is 6.64. The summed E-state index contributed by atoms with van der Waals surface area (Å²) in [5.74, 6) is 1.22. The number of hydrogen-bond donors (Lipinski definition) is 0. The fraction of sp³-hybridized carbons (Fsp3) is 0.462. The van der Waals surface area contributed by atoms with Gasteiger partial charge in [0.2, 0.25) is 0 Å². The molecule has 0 aromatic carbocycles. The Morgan fingerprint density at radius 3 is 2.89 bits per heavy atom. The van der Waals surface area contributed by atoms with E-state index in [0.717, 1.165) is 21.4 Å². The smallest absolute Gasteiger partial charge is 0.116 e. The molecule has 19 heavy (non-hydrogen) atoms. The van der Waals surface area contributed by atoms with Crippen molar-refractivity contribution in [2.75, 3.05) is 10.8 Å². The van der Waals surface area contributed by atoms with E-state index in [2.05, 4.69) is 22.0 Å². The van der Waals surface area contributed by atoms with Gasteiger partial charge in [-0.25, -0.2) is 4.98 Å². The van der Waals surface area contributed by atoms with Crippen molar-refractivity contribution in [1.29, 1.82) is 0 Å². The van der Waals surface area contributed by atoms with Crippen LogP contribution in [-0.4, -0.2) is 30.6 Å². The number of hydrogen-bond acceptors (Lipinski definition) is 5. The summed E-state index contributed by atoms with van der Waals surface area (Å²) < 4.78 is 1.78. The number of nitrogens with zero attached hydrogens (tertiary/aromatic N) is 4. The molecule has 0 radical (unpaired) electrons. The molecule has 0 atom stereocenters. The zero-order valence-corrected chi connectivity index (χ0v) is 12.9. The summed E-state index contributed by atoms with van der Waals surface area (Å²) in [6.07, 6.45) is 9.92. The van der Waals surface area contributed by atoms with Gasteiger partial charge in [0.25, 0.3) is 0 Å². The maximum atomic E-state index is 4.61. The third-order valence-electron chi connectivity index (χ3n) is 2.55. The molecule has 0 fully saturated rings. The molecule has 0 unspecified atom stereocenters. The monoisotopic (exact) mass is 294 g/mol. The highest BCUT2D eigenvalue weighted by molar-refractivity contribution is 8.15. The molecule has 2 aromatic heterocycles. The van der Waals surface area contributed by atoms with Crippen LogP contribution in [0.25, 0.3) is 11.3 Å². The third-order valence-corrected chi connectivity index (χ3v) is 4.75. The molecule has 102 valence electrons. The van der Waals surface area contributed by atoms with Crippen LogP contribution in [-0.2, 0) is 7.05 Å². The van der Waals surface area contributed by atoms with Crippen molar-refractivity contribution in [3.8, 4) is 11.3 Å². The van der Waals surface area contributed by atoms with Gasteiger partial charge in [0, 0.05) is 23.9 Å². The fourth-order valence-corrected chi connectivity index (χ4v) is 3.60. The van der Waals surface area contributed by atoms with Crippen molar-refractivity contribution in [3.63, 3.8) is 0 Å². The standard InChI is InChI=1S/C13H18N4S2/c1-3-4-5-18-10-19-13-8-14-7-12(16-13)11-6-15-17(2)9-11/h6-9H,3-5,10H2,1-2H3.